The van der Waals surface area contributed by atoms with Gasteiger partial charge in [0.25, 0.3) is 11.8 Å². The Kier molecular flexibility index (Phi) is 8.26. The van der Waals surface area contributed by atoms with Gasteiger partial charge in [-0.25, -0.2) is 4.79 Å². The van der Waals surface area contributed by atoms with E-state index in [2.05, 4.69) is 20.7 Å². The Morgan fingerprint density at radius 3 is 2.30 bits per heavy atom. The molecule has 0 radical (unpaired) electrons. The summed E-state index contributed by atoms with van der Waals surface area (Å²) in [5, 5.41) is 8.37. The fourth-order valence-electron chi connectivity index (χ4n) is 3.08. The summed E-state index contributed by atoms with van der Waals surface area (Å²) in [6, 6.07) is 22.8. The number of hydrogen-bond acceptors (Lipinski definition) is 5. The van der Waals surface area contributed by atoms with E-state index in [9.17, 15) is 14.4 Å². The van der Waals surface area contributed by atoms with Gasteiger partial charge in [-0.1, -0.05) is 48.5 Å². The van der Waals surface area contributed by atoms with Gasteiger partial charge in [-0.2, -0.15) is 0 Å². The first-order valence-electron chi connectivity index (χ1n) is 10.2. The predicted molar refractivity (Wildman–Crippen MR) is 130 cm³/mol. The van der Waals surface area contributed by atoms with Crippen molar-refractivity contribution in [2.45, 2.75) is 6.42 Å². The average Bonchev–Trinajstić information content (AvgIpc) is 2.84. The van der Waals surface area contributed by atoms with Gasteiger partial charge in [0.05, 0.1) is 23.9 Å². The molecule has 0 unspecified atom stereocenters. The van der Waals surface area contributed by atoms with Crippen molar-refractivity contribution in [3.63, 3.8) is 0 Å². The van der Waals surface area contributed by atoms with Gasteiger partial charge in [-0.15, -0.1) is 0 Å². The van der Waals surface area contributed by atoms with Crippen molar-refractivity contribution in [1.29, 1.82) is 0 Å². The molecular formula is C25H23N3O4S. The third kappa shape index (κ3) is 6.72. The van der Waals surface area contributed by atoms with Crippen molar-refractivity contribution < 1.29 is 19.1 Å². The molecule has 0 spiro atoms. The van der Waals surface area contributed by atoms with Crippen LogP contribution < -0.4 is 16.0 Å². The molecule has 0 fully saturated rings. The van der Waals surface area contributed by atoms with E-state index in [-0.39, 0.29) is 22.1 Å². The normalized spacial score (nSPS) is 10.1. The standard InChI is InChI=1S/C25H23N3O4S/c1-32-24(31)19-11-7-10-18(16-19)22(29)28-25(33)27-21-13-6-5-12-20(21)23(30)26-15-14-17-8-3-2-4-9-17/h2-13,16H,14-15H2,1H3,(H,26,30)(H2,27,28,29,33). The van der Waals surface area contributed by atoms with Crippen LogP contribution in [0.15, 0.2) is 78.9 Å². The summed E-state index contributed by atoms with van der Waals surface area (Å²) in [5.74, 6) is -1.30. The number of ether oxygens (including phenoxy) is 1. The van der Waals surface area contributed by atoms with Crippen molar-refractivity contribution in [3.8, 4) is 0 Å². The van der Waals surface area contributed by atoms with Crippen LogP contribution in [0, 0.1) is 0 Å². The first-order chi connectivity index (χ1) is 16.0. The van der Waals surface area contributed by atoms with Gasteiger partial charge in [0.15, 0.2) is 5.11 Å². The summed E-state index contributed by atoms with van der Waals surface area (Å²) in [5.41, 5.74) is 2.48. The van der Waals surface area contributed by atoms with Crippen molar-refractivity contribution in [2.75, 3.05) is 19.0 Å². The second-order valence-electron chi connectivity index (χ2n) is 7.02. The quantitative estimate of drug-likeness (QED) is 0.368. The fraction of sp³-hybridized carbons (Fsp3) is 0.120. The van der Waals surface area contributed by atoms with Gasteiger partial charge in [0.2, 0.25) is 0 Å². The van der Waals surface area contributed by atoms with Crippen LogP contribution in [0.5, 0.6) is 0 Å². The lowest BCUT2D eigenvalue weighted by molar-refractivity contribution is 0.0600. The molecule has 3 N–H and O–H groups in total. The summed E-state index contributed by atoms with van der Waals surface area (Å²) >= 11 is 5.25. The SMILES string of the molecule is COC(=O)c1cccc(C(=O)NC(=S)Nc2ccccc2C(=O)NCCc2ccccc2)c1. The Hall–Kier alpha value is -4.04. The zero-order chi connectivity index (χ0) is 23.6. The lowest BCUT2D eigenvalue weighted by Crippen LogP contribution is -2.35. The van der Waals surface area contributed by atoms with Gasteiger partial charge in [-0.05, 0) is 54.5 Å². The molecule has 33 heavy (non-hydrogen) atoms. The highest BCUT2D eigenvalue weighted by Crippen LogP contribution is 2.15. The molecule has 168 valence electrons. The molecule has 0 aliphatic carbocycles. The van der Waals surface area contributed by atoms with E-state index in [1.54, 1.807) is 42.5 Å². The van der Waals surface area contributed by atoms with E-state index in [1.807, 2.05) is 30.3 Å². The predicted octanol–water partition coefficient (Wildman–Crippen LogP) is 3.57. The smallest absolute Gasteiger partial charge is 0.337 e. The molecule has 3 aromatic rings. The average molecular weight is 462 g/mol. The Bertz CT molecular complexity index is 1170. The minimum Gasteiger partial charge on any atom is -0.465 e. The lowest BCUT2D eigenvalue weighted by Gasteiger charge is -2.14. The first kappa shape index (κ1) is 23.6. The highest BCUT2D eigenvalue weighted by Gasteiger charge is 2.15. The van der Waals surface area contributed by atoms with Crippen LogP contribution in [0.25, 0.3) is 0 Å². The van der Waals surface area contributed by atoms with Crippen LogP contribution >= 0.6 is 12.2 Å². The van der Waals surface area contributed by atoms with E-state index in [4.69, 9.17) is 12.2 Å². The molecule has 2 amide bonds. The number of thiocarbonyl (C=S) groups is 1. The molecule has 8 heteroatoms. The molecule has 0 atom stereocenters. The zero-order valence-electron chi connectivity index (χ0n) is 18.0. The maximum absolute atomic E-state index is 12.7. The topological polar surface area (TPSA) is 96.5 Å². The fourth-order valence-corrected chi connectivity index (χ4v) is 3.29. The number of methoxy groups -OCH3 is 1. The summed E-state index contributed by atoms with van der Waals surface area (Å²) in [6.07, 6.45) is 0.710. The van der Waals surface area contributed by atoms with Gasteiger partial charge >= 0.3 is 5.97 Å². The van der Waals surface area contributed by atoms with Gasteiger partial charge < -0.3 is 15.4 Å². The molecule has 0 saturated heterocycles. The van der Waals surface area contributed by atoms with Crippen LogP contribution in [-0.2, 0) is 11.2 Å². The van der Waals surface area contributed by atoms with E-state index < -0.39 is 11.9 Å². The minimum atomic E-state index is -0.544. The molecule has 0 aromatic heterocycles. The number of amides is 2. The van der Waals surface area contributed by atoms with Crippen LogP contribution in [0.2, 0.25) is 0 Å². The number of esters is 1. The summed E-state index contributed by atoms with van der Waals surface area (Å²) in [4.78, 5) is 36.9. The highest BCUT2D eigenvalue weighted by molar-refractivity contribution is 7.80. The molecule has 0 heterocycles. The number of hydrogen-bond donors (Lipinski definition) is 3. The molecule has 0 aliphatic heterocycles. The number of anilines is 1. The molecule has 3 aromatic carbocycles. The van der Waals surface area contributed by atoms with E-state index in [0.29, 0.717) is 24.2 Å². The van der Waals surface area contributed by atoms with Gasteiger partial charge in [-0.3, -0.25) is 14.9 Å². The Labute approximate surface area is 197 Å². The second kappa shape index (κ2) is 11.5. The largest absolute Gasteiger partial charge is 0.465 e. The van der Waals surface area contributed by atoms with Crippen molar-refractivity contribution >= 4 is 40.8 Å². The Morgan fingerprint density at radius 1 is 0.848 bits per heavy atom. The van der Waals surface area contributed by atoms with E-state index in [0.717, 1.165) is 5.56 Å². The van der Waals surface area contributed by atoms with E-state index in [1.165, 1.54) is 13.2 Å². The monoisotopic (exact) mass is 461 g/mol. The van der Waals surface area contributed by atoms with Crippen molar-refractivity contribution in [1.82, 2.24) is 10.6 Å². The van der Waals surface area contributed by atoms with Crippen molar-refractivity contribution in [2.24, 2.45) is 0 Å². The lowest BCUT2D eigenvalue weighted by atomic mass is 10.1. The summed E-state index contributed by atoms with van der Waals surface area (Å²) < 4.78 is 4.67. The zero-order valence-corrected chi connectivity index (χ0v) is 18.8. The molecule has 3 rings (SSSR count). The summed E-state index contributed by atoms with van der Waals surface area (Å²) in [7, 11) is 1.27. The first-order valence-corrected chi connectivity index (χ1v) is 10.6. The molecular weight excluding hydrogens is 438 g/mol. The third-order valence-corrected chi connectivity index (χ3v) is 4.94. The van der Waals surface area contributed by atoms with Gasteiger partial charge in [0.1, 0.15) is 0 Å². The number of nitrogens with one attached hydrogen (secondary N) is 3. The van der Waals surface area contributed by atoms with Crippen LogP contribution in [0.1, 0.15) is 36.6 Å². The Balaban J connectivity index is 1.60. The summed E-state index contributed by atoms with van der Waals surface area (Å²) in [6.45, 7) is 0.481. The molecule has 0 aliphatic rings. The molecule has 0 bridgehead atoms. The number of benzene rings is 3. The third-order valence-electron chi connectivity index (χ3n) is 4.73. The number of para-hydroxylation sites is 1. The number of rotatable bonds is 7. The highest BCUT2D eigenvalue weighted by atomic mass is 32.1. The number of carbonyl (C=O) groups excluding carboxylic acids is 3. The van der Waals surface area contributed by atoms with E-state index >= 15 is 0 Å². The maximum Gasteiger partial charge on any atom is 0.337 e. The maximum atomic E-state index is 12.7. The van der Waals surface area contributed by atoms with Gasteiger partial charge in [0, 0.05) is 12.1 Å². The van der Waals surface area contributed by atoms with Crippen LogP contribution in [0.4, 0.5) is 5.69 Å². The molecule has 7 nitrogen and oxygen atoms in total. The van der Waals surface area contributed by atoms with Crippen LogP contribution in [0.3, 0.4) is 0 Å². The minimum absolute atomic E-state index is 0.0213. The number of carbonyl (C=O) groups is 3. The molecule has 0 saturated carbocycles. The Morgan fingerprint density at radius 2 is 1.55 bits per heavy atom. The second-order valence-corrected chi connectivity index (χ2v) is 7.43. The van der Waals surface area contributed by atoms with Crippen LogP contribution in [-0.4, -0.2) is 36.6 Å². The van der Waals surface area contributed by atoms with Crippen molar-refractivity contribution in [3.05, 3.63) is 101 Å².